The van der Waals surface area contributed by atoms with Crippen molar-refractivity contribution in [2.75, 3.05) is 13.1 Å². The third-order valence-corrected chi connectivity index (χ3v) is 4.65. The topological polar surface area (TPSA) is 12.0 Å². The van der Waals surface area contributed by atoms with E-state index in [2.05, 4.69) is 19.2 Å². The van der Waals surface area contributed by atoms with Crippen molar-refractivity contribution in [2.24, 2.45) is 11.8 Å². The fourth-order valence-electron chi connectivity index (χ4n) is 3.45. The monoisotopic (exact) mass is 253 g/mol. The highest BCUT2D eigenvalue weighted by molar-refractivity contribution is 4.77. The van der Waals surface area contributed by atoms with Crippen LogP contribution in [0.25, 0.3) is 0 Å². The van der Waals surface area contributed by atoms with Gasteiger partial charge in [-0.15, -0.1) is 0 Å². The number of nitrogens with one attached hydrogen (secondary N) is 1. The Kier molecular flexibility index (Phi) is 9.65. The molecule has 1 nitrogen and oxygen atoms in total. The fraction of sp³-hybridized carbons (Fsp3) is 1.00. The Labute approximate surface area is 115 Å². The van der Waals surface area contributed by atoms with Crippen molar-refractivity contribution >= 4 is 0 Å². The summed E-state index contributed by atoms with van der Waals surface area (Å²) in [6.45, 7) is 6.94. The van der Waals surface area contributed by atoms with Crippen molar-refractivity contribution in [3.05, 3.63) is 0 Å². The van der Waals surface area contributed by atoms with Gasteiger partial charge in [0, 0.05) is 0 Å². The van der Waals surface area contributed by atoms with Crippen LogP contribution in [0.3, 0.4) is 0 Å². The first-order valence-electron chi connectivity index (χ1n) is 8.59. The van der Waals surface area contributed by atoms with E-state index >= 15 is 0 Å². The molecule has 0 amide bonds. The molecule has 0 aliphatic heterocycles. The smallest absolute Gasteiger partial charge is 0.00180 e. The van der Waals surface area contributed by atoms with E-state index in [0.717, 1.165) is 18.4 Å². The summed E-state index contributed by atoms with van der Waals surface area (Å²) in [4.78, 5) is 0. The van der Waals surface area contributed by atoms with Gasteiger partial charge in [0.15, 0.2) is 0 Å². The predicted octanol–water partition coefficient (Wildman–Crippen LogP) is 5.15. The van der Waals surface area contributed by atoms with Crippen molar-refractivity contribution in [1.29, 1.82) is 0 Å². The maximum Gasteiger partial charge on any atom is -0.00180 e. The van der Waals surface area contributed by atoms with Crippen molar-refractivity contribution < 1.29 is 0 Å². The van der Waals surface area contributed by atoms with E-state index in [9.17, 15) is 0 Å². The molecule has 1 N–H and O–H groups in total. The van der Waals surface area contributed by atoms with Gasteiger partial charge in [-0.3, -0.25) is 0 Å². The lowest BCUT2D eigenvalue weighted by molar-refractivity contribution is 0.297. The number of hydrogen-bond acceptors (Lipinski definition) is 1. The molecule has 0 bridgehead atoms. The van der Waals surface area contributed by atoms with Gasteiger partial charge in [-0.25, -0.2) is 0 Å². The van der Waals surface area contributed by atoms with E-state index in [1.165, 1.54) is 77.2 Å². The lowest BCUT2D eigenvalue weighted by atomic mass is 9.86. The summed E-state index contributed by atoms with van der Waals surface area (Å²) >= 11 is 0. The molecular formula is C17H35N. The largest absolute Gasteiger partial charge is 0.317 e. The second kappa shape index (κ2) is 10.8. The highest BCUT2D eigenvalue weighted by atomic mass is 14.8. The second-order valence-corrected chi connectivity index (χ2v) is 6.17. The van der Waals surface area contributed by atoms with Gasteiger partial charge in [0.25, 0.3) is 0 Å². The quantitative estimate of drug-likeness (QED) is 0.502. The van der Waals surface area contributed by atoms with Gasteiger partial charge in [-0.1, -0.05) is 78.1 Å². The van der Waals surface area contributed by atoms with Crippen LogP contribution in [0.4, 0.5) is 0 Å². The first-order chi connectivity index (χ1) is 8.88. The molecule has 1 rings (SSSR count). The van der Waals surface area contributed by atoms with Gasteiger partial charge >= 0.3 is 0 Å². The molecule has 1 aliphatic carbocycles. The number of hydrogen-bond donors (Lipinski definition) is 1. The SMILES string of the molecule is CCCCCCCCC(CNCC)C1CCCC1. The average molecular weight is 253 g/mol. The minimum Gasteiger partial charge on any atom is -0.317 e. The van der Waals surface area contributed by atoms with E-state index in [0.29, 0.717) is 0 Å². The first kappa shape index (κ1) is 16.0. The third-order valence-electron chi connectivity index (χ3n) is 4.65. The van der Waals surface area contributed by atoms with E-state index in [4.69, 9.17) is 0 Å². The lowest BCUT2D eigenvalue weighted by Crippen LogP contribution is -2.27. The van der Waals surface area contributed by atoms with E-state index < -0.39 is 0 Å². The molecule has 0 saturated heterocycles. The van der Waals surface area contributed by atoms with Gasteiger partial charge in [-0.05, 0) is 31.3 Å². The molecule has 108 valence electrons. The Morgan fingerprint density at radius 1 is 0.944 bits per heavy atom. The van der Waals surface area contributed by atoms with Crippen molar-refractivity contribution in [3.63, 3.8) is 0 Å². The van der Waals surface area contributed by atoms with Crippen LogP contribution in [0, 0.1) is 11.8 Å². The zero-order valence-electron chi connectivity index (χ0n) is 12.8. The van der Waals surface area contributed by atoms with Gasteiger partial charge in [-0.2, -0.15) is 0 Å². The molecule has 18 heavy (non-hydrogen) atoms. The predicted molar refractivity (Wildman–Crippen MR) is 82.0 cm³/mol. The van der Waals surface area contributed by atoms with E-state index in [1.807, 2.05) is 0 Å². The second-order valence-electron chi connectivity index (χ2n) is 6.17. The molecule has 1 aliphatic rings. The maximum absolute atomic E-state index is 3.59. The van der Waals surface area contributed by atoms with Crippen LogP contribution in [0.2, 0.25) is 0 Å². The van der Waals surface area contributed by atoms with Crippen LogP contribution in [0.1, 0.15) is 84.5 Å². The molecule has 1 unspecified atom stereocenters. The molecule has 0 aromatic carbocycles. The van der Waals surface area contributed by atoms with Gasteiger partial charge in [0.2, 0.25) is 0 Å². The van der Waals surface area contributed by atoms with E-state index in [1.54, 1.807) is 0 Å². The van der Waals surface area contributed by atoms with Crippen LogP contribution >= 0.6 is 0 Å². The van der Waals surface area contributed by atoms with Crippen molar-refractivity contribution in [1.82, 2.24) is 5.32 Å². The van der Waals surface area contributed by atoms with E-state index in [-0.39, 0.29) is 0 Å². The maximum atomic E-state index is 3.59. The summed E-state index contributed by atoms with van der Waals surface area (Å²) in [6, 6.07) is 0. The lowest BCUT2D eigenvalue weighted by Gasteiger charge is -2.23. The zero-order valence-corrected chi connectivity index (χ0v) is 12.8. The minimum atomic E-state index is 0.971. The highest BCUT2D eigenvalue weighted by Crippen LogP contribution is 2.33. The Morgan fingerprint density at radius 2 is 1.61 bits per heavy atom. The fourth-order valence-corrected chi connectivity index (χ4v) is 3.45. The Balaban J connectivity index is 2.11. The highest BCUT2D eigenvalue weighted by Gasteiger charge is 2.23. The zero-order chi connectivity index (χ0) is 13.1. The molecular weight excluding hydrogens is 218 g/mol. The summed E-state index contributed by atoms with van der Waals surface area (Å²) in [6.07, 6.45) is 16.1. The molecule has 0 aromatic rings. The van der Waals surface area contributed by atoms with Crippen LogP contribution in [0.15, 0.2) is 0 Å². The van der Waals surface area contributed by atoms with Gasteiger partial charge in [0.1, 0.15) is 0 Å². The van der Waals surface area contributed by atoms with Crippen LogP contribution in [0.5, 0.6) is 0 Å². The summed E-state index contributed by atoms with van der Waals surface area (Å²) in [5.41, 5.74) is 0. The molecule has 1 fully saturated rings. The normalized spacial score (nSPS) is 18.3. The molecule has 0 aromatic heterocycles. The Bertz CT molecular complexity index is 172. The molecule has 0 radical (unpaired) electrons. The third kappa shape index (κ3) is 6.78. The Morgan fingerprint density at radius 3 is 2.28 bits per heavy atom. The molecule has 1 saturated carbocycles. The molecule has 0 spiro atoms. The number of unbranched alkanes of at least 4 members (excludes halogenated alkanes) is 5. The summed E-state index contributed by atoms with van der Waals surface area (Å²) < 4.78 is 0. The molecule has 0 heterocycles. The van der Waals surface area contributed by atoms with Crippen molar-refractivity contribution in [3.8, 4) is 0 Å². The standard InChI is InChI=1S/C17H35N/c1-3-5-6-7-8-9-14-17(15-18-4-2)16-12-10-11-13-16/h16-18H,3-15H2,1-2H3. The first-order valence-corrected chi connectivity index (χ1v) is 8.59. The summed E-state index contributed by atoms with van der Waals surface area (Å²) in [5, 5.41) is 3.59. The van der Waals surface area contributed by atoms with Gasteiger partial charge < -0.3 is 5.32 Å². The molecule has 1 heteroatoms. The average Bonchev–Trinajstić information content (AvgIpc) is 2.91. The number of rotatable bonds is 11. The Hall–Kier alpha value is -0.0400. The van der Waals surface area contributed by atoms with Crippen LogP contribution in [-0.4, -0.2) is 13.1 Å². The van der Waals surface area contributed by atoms with Crippen molar-refractivity contribution in [2.45, 2.75) is 84.5 Å². The van der Waals surface area contributed by atoms with Crippen LogP contribution in [-0.2, 0) is 0 Å². The van der Waals surface area contributed by atoms with Gasteiger partial charge in [0.05, 0.1) is 0 Å². The summed E-state index contributed by atoms with van der Waals surface area (Å²) in [7, 11) is 0. The molecule has 1 atom stereocenters. The van der Waals surface area contributed by atoms with Crippen LogP contribution < -0.4 is 5.32 Å². The summed E-state index contributed by atoms with van der Waals surface area (Å²) in [5.74, 6) is 2.01. The minimum absolute atomic E-state index is 0.971.